The van der Waals surface area contributed by atoms with Crippen LogP contribution in [0.4, 0.5) is 4.39 Å². The number of rotatable bonds is 4. The molecule has 2 aliphatic rings. The Bertz CT molecular complexity index is 917. The molecule has 29 heavy (non-hydrogen) atoms. The molecular weight excluding hydrogens is 369 g/mol. The minimum absolute atomic E-state index is 0.00290. The van der Waals surface area contributed by atoms with Crippen molar-refractivity contribution in [2.24, 2.45) is 0 Å². The minimum Gasteiger partial charge on any atom is -0.335 e. The van der Waals surface area contributed by atoms with Gasteiger partial charge in [0, 0.05) is 32.7 Å². The molecule has 0 N–H and O–H groups in total. The second kappa shape index (κ2) is 8.33. The molecule has 0 saturated carbocycles. The number of piperazine rings is 1. The lowest BCUT2D eigenvalue weighted by molar-refractivity contribution is -0.148. The van der Waals surface area contributed by atoms with Gasteiger partial charge < -0.3 is 9.80 Å². The van der Waals surface area contributed by atoms with Crippen molar-refractivity contribution in [3.63, 3.8) is 0 Å². The van der Waals surface area contributed by atoms with E-state index in [1.807, 2.05) is 19.1 Å². The summed E-state index contributed by atoms with van der Waals surface area (Å²) in [7, 11) is 0. The van der Waals surface area contributed by atoms with Crippen LogP contribution in [0.15, 0.2) is 48.5 Å². The standard InChI is InChI=1S/C23H26FN3O2/c1-17(25-10-9-19-6-2-3-7-20(19)15-25)23(29)27-12-11-26(22(28)16-27)14-18-5-4-8-21(24)13-18/h2-8,13,17H,9-12,14-16H2,1H3/t17-/m1/s1. The van der Waals surface area contributed by atoms with Gasteiger partial charge in [0.1, 0.15) is 5.82 Å². The zero-order chi connectivity index (χ0) is 20.4. The molecule has 2 aliphatic heterocycles. The highest BCUT2D eigenvalue weighted by Crippen LogP contribution is 2.21. The van der Waals surface area contributed by atoms with E-state index in [9.17, 15) is 14.0 Å². The smallest absolute Gasteiger partial charge is 0.242 e. The number of carbonyl (C=O) groups excluding carboxylic acids is 2. The van der Waals surface area contributed by atoms with E-state index in [4.69, 9.17) is 0 Å². The molecule has 4 rings (SSSR count). The van der Waals surface area contributed by atoms with E-state index in [0.29, 0.717) is 19.6 Å². The number of halogens is 1. The van der Waals surface area contributed by atoms with Gasteiger partial charge in [-0.1, -0.05) is 36.4 Å². The van der Waals surface area contributed by atoms with E-state index in [1.54, 1.807) is 15.9 Å². The molecule has 1 atom stereocenters. The molecule has 2 aromatic rings. The molecule has 0 radical (unpaired) electrons. The van der Waals surface area contributed by atoms with Crippen molar-refractivity contribution in [2.75, 3.05) is 26.2 Å². The summed E-state index contributed by atoms with van der Waals surface area (Å²) in [5, 5.41) is 0. The topological polar surface area (TPSA) is 43.9 Å². The number of fused-ring (bicyclic) bond motifs is 1. The number of carbonyl (C=O) groups is 2. The molecule has 0 spiro atoms. The fourth-order valence-electron chi connectivity index (χ4n) is 4.19. The second-order valence-corrected chi connectivity index (χ2v) is 7.87. The lowest BCUT2D eigenvalue weighted by atomic mass is 9.98. The molecular formula is C23H26FN3O2. The molecule has 0 bridgehead atoms. The SMILES string of the molecule is C[C@H](C(=O)N1CCN(Cc2cccc(F)c2)C(=O)C1)N1CCc2ccccc2C1. The summed E-state index contributed by atoms with van der Waals surface area (Å²) in [6.07, 6.45) is 0.939. The van der Waals surface area contributed by atoms with Crippen LogP contribution in [0.3, 0.4) is 0 Å². The van der Waals surface area contributed by atoms with Gasteiger partial charge in [-0.2, -0.15) is 0 Å². The van der Waals surface area contributed by atoms with Crippen LogP contribution in [0.1, 0.15) is 23.6 Å². The van der Waals surface area contributed by atoms with Gasteiger partial charge >= 0.3 is 0 Å². The van der Waals surface area contributed by atoms with Gasteiger partial charge in [0.15, 0.2) is 0 Å². The van der Waals surface area contributed by atoms with Gasteiger partial charge in [-0.3, -0.25) is 14.5 Å². The van der Waals surface area contributed by atoms with E-state index >= 15 is 0 Å². The molecule has 6 heteroatoms. The maximum atomic E-state index is 13.4. The Morgan fingerprint density at radius 3 is 2.59 bits per heavy atom. The maximum Gasteiger partial charge on any atom is 0.242 e. The predicted octanol–water partition coefficient (Wildman–Crippen LogP) is 2.44. The zero-order valence-corrected chi connectivity index (χ0v) is 16.7. The summed E-state index contributed by atoms with van der Waals surface area (Å²) in [5.74, 6) is -0.395. The molecule has 5 nitrogen and oxygen atoms in total. The average molecular weight is 395 g/mol. The Balaban J connectivity index is 1.35. The van der Waals surface area contributed by atoms with Crippen molar-refractivity contribution in [3.05, 3.63) is 71.0 Å². The van der Waals surface area contributed by atoms with E-state index in [0.717, 1.165) is 25.1 Å². The Morgan fingerprint density at radius 2 is 1.83 bits per heavy atom. The van der Waals surface area contributed by atoms with Crippen molar-refractivity contribution in [1.82, 2.24) is 14.7 Å². The van der Waals surface area contributed by atoms with Crippen molar-refractivity contribution in [2.45, 2.75) is 32.5 Å². The van der Waals surface area contributed by atoms with E-state index in [-0.39, 0.29) is 30.2 Å². The first-order chi connectivity index (χ1) is 14.0. The molecule has 2 aromatic carbocycles. The highest BCUT2D eigenvalue weighted by Gasteiger charge is 2.33. The van der Waals surface area contributed by atoms with Gasteiger partial charge in [0.05, 0.1) is 12.6 Å². The lowest BCUT2D eigenvalue weighted by Gasteiger charge is -2.39. The summed E-state index contributed by atoms with van der Waals surface area (Å²) in [4.78, 5) is 31.2. The highest BCUT2D eigenvalue weighted by atomic mass is 19.1. The third kappa shape index (κ3) is 4.32. The fourth-order valence-corrected chi connectivity index (χ4v) is 4.19. The summed E-state index contributed by atoms with van der Waals surface area (Å²) in [6, 6.07) is 14.4. The lowest BCUT2D eigenvalue weighted by Crippen LogP contribution is -2.56. The molecule has 2 heterocycles. The van der Waals surface area contributed by atoms with Crippen LogP contribution in [0, 0.1) is 5.82 Å². The summed E-state index contributed by atoms with van der Waals surface area (Å²) in [5.41, 5.74) is 3.39. The van der Waals surface area contributed by atoms with Crippen molar-refractivity contribution < 1.29 is 14.0 Å². The van der Waals surface area contributed by atoms with Crippen molar-refractivity contribution >= 4 is 11.8 Å². The quantitative estimate of drug-likeness (QED) is 0.799. The van der Waals surface area contributed by atoms with Gasteiger partial charge in [-0.15, -0.1) is 0 Å². The van der Waals surface area contributed by atoms with Gasteiger partial charge in [0.2, 0.25) is 11.8 Å². The van der Waals surface area contributed by atoms with Crippen LogP contribution in [-0.2, 0) is 29.1 Å². The van der Waals surface area contributed by atoms with Crippen LogP contribution < -0.4 is 0 Å². The molecule has 2 amide bonds. The third-order valence-electron chi connectivity index (χ3n) is 5.96. The van der Waals surface area contributed by atoms with E-state index in [2.05, 4.69) is 23.1 Å². The largest absolute Gasteiger partial charge is 0.335 e. The number of hydrogen-bond donors (Lipinski definition) is 0. The Labute approximate surface area is 170 Å². The molecule has 0 aliphatic carbocycles. The van der Waals surface area contributed by atoms with Gasteiger partial charge in [-0.25, -0.2) is 4.39 Å². The minimum atomic E-state index is -0.305. The van der Waals surface area contributed by atoms with Crippen LogP contribution in [-0.4, -0.2) is 58.7 Å². The molecule has 152 valence electrons. The summed E-state index contributed by atoms with van der Waals surface area (Å²) in [6.45, 7) is 4.97. The maximum absolute atomic E-state index is 13.4. The number of amides is 2. The van der Waals surface area contributed by atoms with Crippen LogP contribution in [0.25, 0.3) is 0 Å². The van der Waals surface area contributed by atoms with Gasteiger partial charge in [-0.05, 0) is 42.2 Å². The van der Waals surface area contributed by atoms with Crippen LogP contribution in [0.2, 0.25) is 0 Å². The first kappa shape index (κ1) is 19.6. The number of benzene rings is 2. The summed E-state index contributed by atoms with van der Waals surface area (Å²) < 4.78 is 13.4. The highest BCUT2D eigenvalue weighted by molar-refractivity contribution is 5.88. The average Bonchev–Trinajstić information content (AvgIpc) is 2.74. The summed E-state index contributed by atoms with van der Waals surface area (Å²) >= 11 is 0. The van der Waals surface area contributed by atoms with Crippen LogP contribution >= 0.6 is 0 Å². The molecule has 1 fully saturated rings. The Kier molecular flexibility index (Phi) is 5.62. The first-order valence-corrected chi connectivity index (χ1v) is 10.1. The number of nitrogens with zero attached hydrogens (tertiary/aromatic N) is 3. The van der Waals surface area contributed by atoms with Crippen molar-refractivity contribution in [1.29, 1.82) is 0 Å². The predicted molar refractivity (Wildman–Crippen MR) is 108 cm³/mol. The Hall–Kier alpha value is -2.73. The fraction of sp³-hybridized carbons (Fsp3) is 0.391. The number of hydrogen-bond acceptors (Lipinski definition) is 3. The van der Waals surface area contributed by atoms with Crippen molar-refractivity contribution in [3.8, 4) is 0 Å². The molecule has 0 aromatic heterocycles. The van der Waals surface area contributed by atoms with E-state index in [1.165, 1.54) is 23.3 Å². The normalized spacial score (nSPS) is 18.5. The third-order valence-corrected chi connectivity index (χ3v) is 5.96. The molecule has 1 saturated heterocycles. The monoisotopic (exact) mass is 395 g/mol. The first-order valence-electron chi connectivity index (χ1n) is 10.1. The van der Waals surface area contributed by atoms with Gasteiger partial charge in [0.25, 0.3) is 0 Å². The second-order valence-electron chi connectivity index (χ2n) is 7.87. The Morgan fingerprint density at radius 1 is 1.03 bits per heavy atom. The zero-order valence-electron chi connectivity index (χ0n) is 16.7. The van der Waals surface area contributed by atoms with E-state index < -0.39 is 0 Å². The molecule has 0 unspecified atom stereocenters. The van der Waals surface area contributed by atoms with Crippen LogP contribution in [0.5, 0.6) is 0 Å².